The Morgan fingerprint density at radius 2 is 2.00 bits per heavy atom. The molecule has 2 heteroatoms. The molecule has 92 valence electrons. The molecule has 1 aromatic rings. The number of carbonyl (C=O) groups is 1. The maximum Gasteiger partial charge on any atom is 0.138 e. The van der Waals surface area contributed by atoms with Gasteiger partial charge < -0.3 is 0 Å². The summed E-state index contributed by atoms with van der Waals surface area (Å²) in [6.45, 7) is 8.24. The number of aryl methyl sites for hydroxylation is 1. The zero-order valence-corrected chi connectivity index (χ0v) is 10.9. The van der Waals surface area contributed by atoms with Crippen molar-refractivity contribution in [1.29, 1.82) is 0 Å². The normalized spacial score (nSPS) is 26.2. The Morgan fingerprint density at radius 1 is 1.29 bits per heavy atom. The third kappa shape index (κ3) is 2.58. The fourth-order valence-corrected chi connectivity index (χ4v) is 2.50. The zero-order chi connectivity index (χ0) is 12.4. The molecule has 0 spiro atoms. The van der Waals surface area contributed by atoms with Crippen molar-refractivity contribution in [2.24, 2.45) is 5.92 Å². The van der Waals surface area contributed by atoms with Gasteiger partial charge in [-0.05, 0) is 25.0 Å². The predicted octanol–water partition coefficient (Wildman–Crippen LogP) is 2.79. The first-order valence-corrected chi connectivity index (χ1v) is 6.41. The SMILES string of the molecule is Cc1ccccc1CN1CCC(=O)C(C)C1C. The topological polar surface area (TPSA) is 20.3 Å². The average Bonchev–Trinajstić information content (AvgIpc) is 2.32. The molecule has 2 unspecified atom stereocenters. The average molecular weight is 231 g/mol. The quantitative estimate of drug-likeness (QED) is 0.780. The minimum Gasteiger partial charge on any atom is -0.299 e. The number of hydrogen-bond donors (Lipinski definition) is 0. The summed E-state index contributed by atoms with van der Waals surface area (Å²) in [7, 11) is 0. The molecule has 1 aliphatic rings. The van der Waals surface area contributed by atoms with Gasteiger partial charge in [0.2, 0.25) is 0 Å². The molecule has 17 heavy (non-hydrogen) atoms. The van der Waals surface area contributed by atoms with Crippen LogP contribution in [0, 0.1) is 12.8 Å². The highest BCUT2D eigenvalue weighted by atomic mass is 16.1. The molecular formula is C15H21NO. The maximum atomic E-state index is 11.6. The van der Waals surface area contributed by atoms with Crippen LogP contribution in [0.1, 0.15) is 31.4 Å². The number of benzene rings is 1. The van der Waals surface area contributed by atoms with Crippen molar-refractivity contribution in [2.45, 2.75) is 39.8 Å². The van der Waals surface area contributed by atoms with E-state index in [0.717, 1.165) is 13.1 Å². The van der Waals surface area contributed by atoms with Crippen LogP contribution in [0.25, 0.3) is 0 Å². The second-order valence-corrected chi connectivity index (χ2v) is 5.14. The van der Waals surface area contributed by atoms with E-state index in [1.165, 1.54) is 11.1 Å². The van der Waals surface area contributed by atoms with Gasteiger partial charge in [0.15, 0.2) is 0 Å². The van der Waals surface area contributed by atoms with Crippen LogP contribution in [-0.2, 0) is 11.3 Å². The fourth-order valence-electron chi connectivity index (χ4n) is 2.50. The van der Waals surface area contributed by atoms with Crippen LogP contribution in [0.2, 0.25) is 0 Å². The molecule has 0 bridgehead atoms. The number of nitrogens with zero attached hydrogens (tertiary/aromatic N) is 1. The number of piperidine rings is 1. The summed E-state index contributed by atoms with van der Waals surface area (Å²) >= 11 is 0. The highest BCUT2D eigenvalue weighted by Crippen LogP contribution is 2.22. The summed E-state index contributed by atoms with van der Waals surface area (Å²) in [4.78, 5) is 14.1. The number of rotatable bonds is 2. The van der Waals surface area contributed by atoms with Gasteiger partial charge in [-0.25, -0.2) is 0 Å². The van der Waals surface area contributed by atoms with Crippen LogP contribution in [0.4, 0.5) is 0 Å². The molecule has 2 atom stereocenters. The van der Waals surface area contributed by atoms with Crippen molar-refractivity contribution >= 4 is 5.78 Å². The summed E-state index contributed by atoms with van der Waals surface area (Å²) in [5.74, 6) is 0.589. The molecule has 1 heterocycles. The van der Waals surface area contributed by atoms with E-state index in [9.17, 15) is 4.79 Å². The number of carbonyl (C=O) groups excluding carboxylic acids is 1. The zero-order valence-electron chi connectivity index (χ0n) is 10.9. The van der Waals surface area contributed by atoms with Gasteiger partial charge in [0.25, 0.3) is 0 Å². The van der Waals surface area contributed by atoms with Gasteiger partial charge in [0, 0.05) is 31.5 Å². The fraction of sp³-hybridized carbons (Fsp3) is 0.533. The lowest BCUT2D eigenvalue weighted by atomic mass is 9.90. The third-order valence-corrected chi connectivity index (χ3v) is 4.09. The lowest BCUT2D eigenvalue weighted by molar-refractivity contribution is -0.128. The van der Waals surface area contributed by atoms with E-state index < -0.39 is 0 Å². The molecule has 0 amide bonds. The monoisotopic (exact) mass is 231 g/mol. The van der Waals surface area contributed by atoms with Crippen molar-refractivity contribution in [3.63, 3.8) is 0 Å². The van der Waals surface area contributed by atoms with E-state index in [2.05, 4.69) is 49.9 Å². The van der Waals surface area contributed by atoms with Gasteiger partial charge in [-0.1, -0.05) is 31.2 Å². The molecule has 1 fully saturated rings. The Balaban J connectivity index is 2.09. The summed E-state index contributed by atoms with van der Waals surface area (Å²) < 4.78 is 0. The number of likely N-dealkylation sites (tertiary alicyclic amines) is 1. The van der Waals surface area contributed by atoms with Crippen LogP contribution in [0.5, 0.6) is 0 Å². The van der Waals surface area contributed by atoms with Gasteiger partial charge in [-0.3, -0.25) is 9.69 Å². The van der Waals surface area contributed by atoms with Crippen LogP contribution >= 0.6 is 0 Å². The molecule has 2 rings (SSSR count). The molecule has 2 nitrogen and oxygen atoms in total. The van der Waals surface area contributed by atoms with E-state index in [4.69, 9.17) is 0 Å². The molecule has 1 aromatic carbocycles. The van der Waals surface area contributed by atoms with Crippen LogP contribution in [0.3, 0.4) is 0 Å². The highest BCUT2D eigenvalue weighted by Gasteiger charge is 2.30. The molecule has 1 aliphatic heterocycles. The summed E-state index contributed by atoms with van der Waals surface area (Å²) in [6, 6.07) is 8.86. The van der Waals surface area contributed by atoms with E-state index in [1.807, 2.05) is 0 Å². The van der Waals surface area contributed by atoms with Crippen molar-refractivity contribution in [3.05, 3.63) is 35.4 Å². The molecule has 0 N–H and O–H groups in total. The molecule has 0 aliphatic carbocycles. The lowest BCUT2D eigenvalue weighted by Gasteiger charge is -2.37. The van der Waals surface area contributed by atoms with Crippen molar-refractivity contribution in [2.75, 3.05) is 6.54 Å². The molecule has 0 aromatic heterocycles. The summed E-state index contributed by atoms with van der Waals surface area (Å²) in [6.07, 6.45) is 0.706. The summed E-state index contributed by atoms with van der Waals surface area (Å²) in [5, 5.41) is 0. The minimum atomic E-state index is 0.174. The van der Waals surface area contributed by atoms with Crippen LogP contribution in [0.15, 0.2) is 24.3 Å². The second-order valence-electron chi connectivity index (χ2n) is 5.14. The molecular weight excluding hydrogens is 210 g/mol. The first-order chi connectivity index (χ1) is 8.09. The Bertz CT molecular complexity index is 413. The van der Waals surface area contributed by atoms with Crippen LogP contribution in [-0.4, -0.2) is 23.3 Å². The standard InChI is InChI=1S/C15H21NO/c1-11-6-4-5-7-14(11)10-16-9-8-15(17)12(2)13(16)3/h4-7,12-13H,8-10H2,1-3H3. The lowest BCUT2D eigenvalue weighted by Crippen LogP contribution is -2.46. The first-order valence-electron chi connectivity index (χ1n) is 6.41. The predicted molar refractivity (Wildman–Crippen MR) is 69.8 cm³/mol. The van der Waals surface area contributed by atoms with Crippen molar-refractivity contribution in [3.8, 4) is 0 Å². The first kappa shape index (κ1) is 12.3. The molecule has 0 radical (unpaired) electrons. The Morgan fingerprint density at radius 3 is 2.71 bits per heavy atom. The number of ketones is 1. The van der Waals surface area contributed by atoms with Crippen LogP contribution < -0.4 is 0 Å². The summed E-state index contributed by atoms with van der Waals surface area (Å²) in [5.41, 5.74) is 2.71. The maximum absolute atomic E-state index is 11.6. The van der Waals surface area contributed by atoms with E-state index in [-0.39, 0.29) is 5.92 Å². The number of Topliss-reactive ketones (excluding diaryl/α,β-unsaturated/α-hetero) is 1. The third-order valence-electron chi connectivity index (χ3n) is 4.09. The Hall–Kier alpha value is -1.15. The van der Waals surface area contributed by atoms with Gasteiger partial charge in [0.1, 0.15) is 5.78 Å². The number of hydrogen-bond acceptors (Lipinski definition) is 2. The van der Waals surface area contributed by atoms with Crippen molar-refractivity contribution < 1.29 is 4.79 Å². The second kappa shape index (κ2) is 5.01. The van der Waals surface area contributed by atoms with E-state index in [0.29, 0.717) is 18.2 Å². The van der Waals surface area contributed by atoms with Gasteiger partial charge in [0.05, 0.1) is 0 Å². The minimum absolute atomic E-state index is 0.174. The smallest absolute Gasteiger partial charge is 0.138 e. The Labute approximate surface area is 104 Å². The largest absolute Gasteiger partial charge is 0.299 e. The van der Waals surface area contributed by atoms with E-state index >= 15 is 0 Å². The van der Waals surface area contributed by atoms with Crippen molar-refractivity contribution in [1.82, 2.24) is 4.90 Å². The Kier molecular flexibility index (Phi) is 3.63. The van der Waals surface area contributed by atoms with E-state index in [1.54, 1.807) is 0 Å². The van der Waals surface area contributed by atoms with Gasteiger partial charge in [-0.2, -0.15) is 0 Å². The van der Waals surface area contributed by atoms with Gasteiger partial charge >= 0.3 is 0 Å². The molecule has 0 saturated carbocycles. The van der Waals surface area contributed by atoms with Gasteiger partial charge in [-0.15, -0.1) is 0 Å². The highest BCUT2D eigenvalue weighted by molar-refractivity contribution is 5.82. The molecule has 1 saturated heterocycles.